The second-order valence-electron chi connectivity index (χ2n) is 4.50. The molecular formula is C14H17N3O3. The lowest BCUT2D eigenvalue weighted by atomic mass is 10.2. The molecule has 0 aliphatic carbocycles. The van der Waals surface area contributed by atoms with E-state index in [1.54, 1.807) is 14.0 Å². The highest BCUT2D eigenvalue weighted by Crippen LogP contribution is 2.21. The molecule has 6 heteroatoms. The minimum atomic E-state index is -0.550. The maximum absolute atomic E-state index is 11.7. The van der Waals surface area contributed by atoms with Crippen molar-refractivity contribution in [1.29, 1.82) is 0 Å². The largest absolute Gasteiger partial charge is 0.504 e. The third-order valence-corrected chi connectivity index (χ3v) is 2.79. The Hall–Kier alpha value is -2.50. The molecule has 0 aliphatic rings. The number of nitrogens with one attached hydrogen (secondary N) is 1. The molecule has 2 N–H and O–H groups in total. The van der Waals surface area contributed by atoms with Crippen molar-refractivity contribution in [2.75, 3.05) is 0 Å². The van der Waals surface area contributed by atoms with Gasteiger partial charge in [0.25, 0.3) is 0 Å². The second kappa shape index (κ2) is 6.10. The number of benzene rings is 1. The fourth-order valence-electron chi connectivity index (χ4n) is 1.81. The Kier molecular flexibility index (Phi) is 4.24. The van der Waals surface area contributed by atoms with Crippen molar-refractivity contribution in [2.24, 2.45) is 7.05 Å². The standard InChI is InChI=1S/C14H17N3O3/c1-10(13-12(18)8-17(2)16-13)15-14(19)20-9-11-6-4-3-5-7-11/h3-8,10,18H,9H2,1-2H3,(H,15,19). The highest BCUT2D eigenvalue weighted by molar-refractivity contribution is 5.67. The van der Waals surface area contributed by atoms with Gasteiger partial charge in [-0.05, 0) is 12.5 Å². The molecular weight excluding hydrogens is 258 g/mol. The average molecular weight is 275 g/mol. The number of nitrogens with zero attached hydrogens (tertiary/aromatic N) is 2. The van der Waals surface area contributed by atoms with Gasteiger partial charge in [0, 0.05) is 7.05 Å². The van der Waals surface area contributed by atoms with Crippen molar-refractivity contribution < 1.29 is 14.6 Å². The molecule has 2 aromatic rings. The molecule has 2 rings (SSSR count). The molecule has 0 fully saturated rings. The number of hydrogen-bond acceptors (Lipinski definition) is 4. The molecule has 0 bridgehead atoms. The molecule has 106 valence electrons. The Bertz CT molecular complexity index is 581. The first-order chi connectivity index (χ1) is 9.56. The Labute approximate surface area is 117 Å². The molecule has 0 saturated heterocycles. The molecule has 1 atom stereocenters. The van der Waals surface area contributed by atoms with Crippen LogP contribution in [0.25, 0.3) is 0 Å². The molecule has 1 unspecified atom stereocenters. The summed E-state index contributed by atoms with van der Waals surface area (Å²) >= 11 is 0. The molecule has 6 nitrogen and oxygen atoms in total. The first-order valence-electron chi connectivity index (χ1n) is 6.26. The lowest BCUT2D eigenvalue weighted by Crippen LogP contribution is -2.27. The number of carbonyl (C=O) groups is 1. The van der Waals surface area contributed by atoms with Crippen LogP contribution in [0.5, 0.6) is 5.75 Å². The van der Waals surface area contributed by atoms with Gasteiger partial charge in [0.2, 0.25) is 0 Å². The summed E-state index contributed by atoms with van der Waals surface area (Å²) in [6.45, 7) is 1.93. The highest BCUT2D eigenvalue weighted by atomic mass is 16.5. The Morgan fingerprint density at radius 1 is 1.45 bits per heavy atom. The number of alkyl carbamates (subject to hydrolysis) is 1. The Morgan fingerprint density at radius 2 is 2.15 bits per heavy atom. The zero-order valence-corrected chi connectivity index (χ0v) is 11.4. The lowest BCUT2D eigenvalue weighted by molar-refractivity contribution is 0.136. The number of hydrogen-bond donors (Lipinski definition) is 2. The summed E-state index contributed by atoms with van der Waals surface area (Å²) in [6.07, 6.45) is 0.925. The smallest absolute Gasteiger partial charge is 0.407 e. The van der Waals surface area contributed by atoms with Gasteiger partial charge in [-0.25, -0.2) is 4.79 Å². The molecule has 1 aromatic carbocycles. The fraction of sp³-hybridized carbons (Fsp3) is 0.286. The molecule has 0 saturated carbocycles. The van der Waals surface area contributed by atoms with Crippen molar-refractivity contribution in [3.63, 3.8) is 0 Å². The van der Waals surface area contributed by atoms with E-state index < -0.39 is 12.1 Å². The number of aromatic hydroxyl groups is 1. The Balaban J connectivity index is 1.87. The topological polar surface area (TPSA) is 76.4 Å². The summed E-state index contributed by atoms with van der Waals surface area (Å²) in [5, 5.41) is 16.3. The van der Waals surface area contributed by atoms with Crippen LogP contribution in [0.3, 0.4) is 0 Å². The van der Waals surface area contributed by atoms with Crippen LogP contribution in [0.1, 0.15) is 24.2 Å². The predicted octanol–water partition coefficient (Wildman–Crippen LogP) is 2.11. The van der Waals surface area contributed by atoms with Crippen LogP contribution in [-0.4, -0.2) is 21.0 Å². The van der Waals surface area contributed by atoms with Gasteiger partial charge >= 0.3 is 6.09 Å². The third-order valence-electron chi connectivity index (χ3n) is 2.79. The van der Waals surface area contributed by atoms with Crippen LogP contribution in [0.15, 0.2) is 36.5 Å². The minimum absolute atomic E-state index is 0.0448. The van der Waals surface area contributed by atoms with Crippen LogP contribution in [0.4, 0.5) is 4.79 Å². The van der Waals surface area contributed by atoms with Gasteiger partial charge in [0.1, 0.15) is 12.3 Å². The summed E-state index contributed by atoms with van der Waals surface area (Å²) < 4.78 is 6.58. The van der Waals surface area contributed by atoms with Crippen LogP contribution in [0, 0.1) is 0 Å². The van der Waals surface area contributed by atoms with E-state index >= 15 is 0 Å². The van der Waals surface area contributed by atoms with Gasteiger partial charge in [-0.3, -0.25) is 4.68 Å². The average Bonchev–Trinajstić information content (AvgIpc) is 2.77. The normalized spacial score (nSPS) is 11.9. The van der Waals surface area contributed by atoms with Crippen LogP contribution >= 0.6 is 0 Å². The number of rotatable bonds is 4. The van der Waals surface area contributed by atoms with Gasteiger partial charge in [0.05, 0.1) is 12.2 Å². The fourth-order valence-corrected chi connectivity index (χ4v) is 1.81. The summed E-state index contributed by atoms with van der Waals surface area (Å²) in [5.41, 5.74) is 1.32. The highest BCUT2D eigenvalue weighted by Gasteiger charge is 2.17. The lowest BCUT2D eigenvalue weighted by Gasteiger charge is -2.12. The van der Waals surface area contributed by atoms with Crippen LogP contribution < -0.4 is 5.32 Å². The summed E-state index contributed by atoms with van der Waals surface area (Å²) in [7, 11) is 1.70. The number of ether oxygens (including phenoxy) is 1. The summed E-state index contributed by atoms with van der Waals surface area (Å²) in [4.78, 5) is 11.7. The maximum atomic E-state index is 11.7. The van der Waals surface area contributed by atoms with Gasteiger partial charge in [-0.1, -0.05) is 30.3 Å². The molecule has 1 aromatic heterocycles. The molecule has 1 amide bonds. The van der Waals surface area contributed by atoms with Crippen LogP contribution in [-0.2, 0) is 18.4 Å². The molecule has 0 radical (unpaired) electrons. The van der Waals surface area contributed by atoms with Crippen molar-refractivity contribution in [2.45, 2.75) is 19.6 Å². The number of carbonyl (C=O) groups excluding carboxylic acids is 1. The van der Waals surface area contributed by atoms with Crippen molar-refractivity contribution >= 4 is 6.09 Å². The summed E-state index contributed by atoms with van der Waals surface area (Å²) in [5.74, 6) is 0.0448. The molecule has 0 spiro atoms. The monoisotopic (exact) mass is 275 g/mol. The van der Waals surface area contributed by atoms with Gasteiger partial charge in [0.15, 0.2) is 5.75 Å². The summed E-state index contributed by atoms with van der Waals surface area (Å²) in [6, 6.07) is 8.98. The van der Waals surface area contributed by atoms with E-state index in [1.165, 1.54) is 10.9 Å². The predicted molar refractivity (Wildman–Crippen MR) is 73.1 cm³/mol. The minimum Gasteiger partial charge on any atom is -0.504 e. The molecule has 1 heterocycles. The van der Waals surface area contributed by atoms with Gasteiger partial charge < -0.3 is 15.2 Å². The van der Waals surface area contributed by atoms with E-state index in [1.807, 2.05) is 30.3 Å². The van der Waals surface area contributed by atoms with E-state index in [0.717, 1.165) is 5.56 Å². The third kappa shape index (κ3) is 3.50. The number of amides is 1. The molecule has 20 heavy (non-hydrogen) atoms. The Morgan fingerprint density at radius 3 is 2.75 bits per heavy atom. The zero-order chi connectivity index (χ0) is 14.5. The van der Waals surface area contributed by atoms with E-state index in [9.17, 15) is 9.90 Å². The van der Waals surface area contributed by atoms with Crippen molar-refractivity contribution in [3.8, 4) is 5.75 Å². The van der Waals surface area contributed by atoms with Crippen molar-refractivity contribution in [3.05, 3.63) is 47.8 Å². The van der Waals surface area contributed by atoms with E-state index in [2.05, 4.69) is 10.4 Å². The second-order valence-corrected chi connectivity index (χ2v) is 4.50. The first-order valence-corrected chi connectivity index (χ1v) is 6.26. The number of aryl methyl sites for hydroxylation is 1. The first kappa shape index (κ1) is 13.9. The zero-order valence-electron chi connectivity index (χ0n) is 11.4. The SMILES string of the molecule is CC(NC(=O)OCc1ccccc1)c1nn(C)cc1O. The maximum Gasteiger partial charge on any atom is 0.407 e. The quantitative estimate of drug-likeness (QED) is 0.896. The van der Waals surface area contributed by atoms with E-state index in [4.69, 9.17) is 4.74 Å². The van der Waals surface area contributed by atoms with Gasteiger partial charge in [-0.15, -0.1) is 0 Å². The van der Waals surface area contributed by atoms with E-state index in [-0.39, 0.29) is 12.4 Å². The van der Waals surface area contributed by atoms with Gasteiger partial charge in [-0.2, -0.15) is 5.10 Å². The molecule has 0 aliphatic heterocycles. The van der Waals surface area contributed by atoms with Crippen molar-refractivity contribution in [1.82, 2.24) is 15.1 Å². The van der Waals surface area contributed by atoms with E-state index in [0.29, 0.717) is 5.69 Å². The van der Waals surface area contributed by atoms with Crippen LogP contribution in [0.2, 0.25) is 0 Å². The number of aromatic nitrogens is 2.